The standard InChI is InChI=1S/C39H46N8O6S2/c1-6-18-47(37(49)33(46-39(51)53-5)25-12-8-7-9-13-25)21-31-42-20-29(44-31)28-23-55-34-26(22-54-35(28)34)15-16-27-19-41-30(43-27)14-10-11-17-40-36(48)32(24(2)3)45-38(50)52-4/h7-9,12-13,19-20,22-24,32-33H,6,10-11,14,17-18,21H2,1-5H3,(H,40,48)(H,41,43)(H,42,44)(H,45,50)(H,46,51). The molecule has 0 fully saturated rings. The highest BCUT2D eigenvalue weighted by Gasteiger charge is 2.29. The maximum Gasteiger partial charge on any atom is 0.407 e. The van der Waals surface area contributed by atoms with Crippen molar-refractivity contribution in [1.82, 2.24) is 40.8 Å². The number of ether oxygens (including phenoxy) is 2. The van der Waals surface area contributed by atoms with Crippen LogP contribution in [0.15, 0.2) is 53.5 Å². The van der Waals surface area contributed by atoms with Crippen molar-refractivity contribution < 1.29 is 28.7 Å². The molecule has 0 aliphatic rings. The number of unbranched alkanes of at least 4 members (excludes halogenated alkanes) is 1. The van der Waals surface area contributed by atoms with Crippen LogP contribution in [-0.2, 0) is 32.0 Å². The molecule has 2 unspecified atom stereocenters. The zero-order valence-corrected chi connectivity index (χ0v) is 33.1. The monoisotopic (exact) mass is 786 g/mol. The molecule has 5 rings (SSSR count). The van der Waals surface area contributed by atoms with Crippen molar-refractivity contribution in [1.29, 1.82) is 0 Å². The van der Waals surface area contributed by atoms with Gasteiger partial charge in [0, 0.05) is 35.8 Å². The molecule has 4 heterocycles. The van der Waals surface area contributed by atoms with Crippen LogP contribution in [-0.4, -0.2) is 82.2 Å². The van der Waals surface area contributed by atoms with Gasteiger partial charge in [0.2, 0.25) is 11.8 Å². The van der Waals surface area contributed by atoms with Gasteiger partial charge in [-0.3, -0.25) is 9.59 Å². The van der Waals surface area contributed by atoms with Gasteiger partial charge in [0.05, 0.1) is 53.8 Å². The molecule has 0 aliphatic carbocycles. The summed E-state index contributed by atoms with van der Waals surface area (Å²) < 4.78 is 11.6. The Morgan fingerprint density at radius 1 is 0.891 bits per heavy atom. The second-order valence-corrected chi connectivity index (χ2v) is 14.8. The lowest BCUT2D eigenvalue weighted by Crippen LogP contribution is -2.49. The number of methoxy groups -OCH3 is 2. The Bertz CT molecular complexity index is 2130. The number of carbonyl (C=O) groups is 4. The van der Waals surface area contributed by atoms with E-state index in [2.05, 4.69) is 57.8 Å². The Morgan fingerprint density at radius 3 is 2.35 bits per heavy atom. The summed E-state index contributed by atoms with van der Waals surface area (Å²) in [5.74, 6) is 7.38. The van der Waals surface area contributed by atoms with Crippen LogP contribution in [0.25, 0.3) is 20.7 Å². The first-order valence-electron chi connectivity index (χ1n) is 18.0. The molecule has 55 heavy (non-hydrogen) atoms. The van der Waals surface area contributed by atoms with E-state index in [9.17, 15) is 19.2 Å². The molecule has 16 heteroatoms. The summed E-state index contributed by atoms with van der Waals surface area (Å²) in [6.07, 6.45) is 5.18. The van der Waals surface area contributed by atoms with Gasteiger partial charge in [0.1, 0.15) is 29.4 Å². The van der Waals surface area contributed by atoms with E-state index in [0.717, 1.165) is 51.3 Å². The number of alkyl carbamates (subject to hydrolysis) is 2. The molecule has 0 saturated carbocycles. The maximum absolute atomic E-state index is 13.8. The lowest BCUT2D eigenvalue weighted by molar-refractivity contribution is -0.134. The van der Waals surface area contributed by atoms with E-state index >= 15 is 0 Å². The number of benzene rings is 1. The molecule has 0 spiro atoms. The van der Waals surface area contributed by atoms with Gasteiger partial charge < -0.3 is 40.3 Å². The van der Waals surface area contributed by atoms with Gasteiger partial charge in [-0.05, 0) is 36.7 Å². The third-order valence-electron chi connectivity index (χ3n) is 8.68. The average Bonchev–Trinajstić information content (AvgIpc) is 4.01. The fraction of sp³-hybridized carbons (Fsp3) is 0.385. The normalized spacial score (nSPS) is 12.0. The van der Waals surface area contributed by atoms with Crippen molar-refractivity contribution in [2.45, 2.75) is 65.1 Å². The van der Waals surface area contributed by atoms with Crippen LogP contribution < -0.4 is 16.0 Å². The number of hydrogen-bond donors (Lipinski definition) is 5. The Balaban J connectivity index is 1.18. The largest absolute Gasteiger partial charge is 0.453 e. The summed E-state index contributed by atoms with van der Waals surface area (Å²) in [5, 5.41) is 12.3. The fourth-order valence-corrected chi connectivity index (χ4v) is 8.13. The van der Waals surface area contributed by atoms with Crippen LogP contribution in [0.5, 0.6) is 0 Å². The summed E-state index contributed by atoms with van der Waals surface area (Å²) >= 11 is 3.23. The number of imidazole rings is 2. The summed E-state index contributed by atoms with van der Waals surface area (Å²) in [6.45, 7) is 6.92. The van der Waals surface area contributed by atoms with Crippen LogP contribution in [0.1, 0.15) is 74.5 Å². The predicted molar refractivity (Wildman–Crippen MR) is 212 cm³/mol. The van der Waals surface area contributed by atoms with Crippen molar-refractivity contribution in [3.8, 4) is 23.1 Å². The third-order valence-corrected chi connectivity index (χ3v) is 10.8. The lowest BCUT2D eigenvalue weighted by atomic mass is 10.0. The molecule has 4 aromatic heterocycles. The molecular weight excluding hydrogens is 741 g/mol. The molecule has 1 aromatic carbocycles. The van der Waals surface area contributed by atoms with Crippen LogP contribution in [0.4, 0.5) is 9.59 Å². The van der Waals surface area contributed by atoms with Crippen molar-refractivity contribution in [3.05, 3.63) is 82.0 Å². The van der Waals surface area contributed by atoms with Crippen molar-refractivity contribution in [3.63, 3.8) is 0 Å². The van der Waals surface area contributed by atoms with Gasteiger partial charge in [-0.2, -0.15) is 0 Å². The van der Waals surface area contributed by atoms with Crippen molar-refractivity contribution in [2.75, 3.05) is 27.3 Å². The van der Waals surface area contributed by atoms with Crippen molar-refractivity contribution >= 4 is 56.1 Å². The van der Waals surface area contributed by atoms with Crippen LogP contribution in [0.3, 0.4) is 0 Å². The van der Waals surface area contributed by atoms with Gasteiger partial charge in [-0.25, -0.2) is 19.6 Å². The van der Waals surface area contributed by atoms with Crippen molar-refractivity contribution in [2.24, 2.45) is 5.92 Å². The van der Waals surface area contributed by atoms with Gasteiger partial charge in [-0.15, -0.1) is 22.7 Å². The molecule has 4 amide bonds. The number of carbonyl (C=O) groups excluding carboxylic acids is 4. The van der Waals surface area contributed by atoms with Crippen LogP contribution in [0.2, 0.25) is 0 Å². The zero-order valence-electron chi connectivity index (χ0n) is 31.5. The highest BCUT2D eigenvalue weighted by molar-refractivity contribution is 7.27. The second kappa shape index (κ2) is 19.6. The first kappa shape index (κ1) is 40.5. The summed E-state index contributed by atoms with van der Waals surface area (Å²) in [6, 6.07) is 7.54. The van der Waals surface area contributed by atoms with Gasteiger partial charge in [0.15, 0.2) is 0 Å². The first-order valence-corrected chi connectivity index (χ1v) is 19.8. The van der Waals surface area contributed by atoms with E-state index in [4.69, 9.17) is 4.74 Å². The summed E-state index contributed by atoms with van der Waals surface area (Å²) in [4.78, 5) is 67.5. The Kier molecular flexibility index (Phi) is 14.4. The number of nitrogens with one attached hydrogen (secondary N) is 5. The number of aryl methyl sites for hydroxylation is 1. The first-order chi connectivity index (χ1) is 26.6. The van der Waals surface area contributed by atoms with E-state index in [1.165, 1.54) is 14.2 Å². The number of aromatic amines is 2. The smallest absolute Gasteiger partial charge is 0.407 e. The van der Waals surface area contributed by atoms with Crippen LogP contribution in [0, 0.1) is 17.8 Å². The minimum atomic E-state index is -0.904. The molecule has 2 atom stereocenters. The summed E-state index contributed by atoms with van der Waals surface area (Å²) in [5.41, 5.74) is 4.16. The highest BCUT2D eigenvalue weighted by atomic mass is 32.1. The van der Waals surface area contributed by atoms with E-state index < -0.39 is 24.3 Å². The van der Waals surface area contributed by atoms with Crippen LogP contribution >= 0.6 is 22.7 Å². The number of hydrogen-bond acceptors (Lipinski definition) is 10. The molecule has 290 valence electrons. The topological polar surface area (TPSA) is 183 Å². The number of thiophene rings is 2. The highest BCUT2D eigenvalue weighted by Crippen LogP contribution is 2.39. The molecule has 0 bridgehead atoms. The second-order valence-electron chi connectivity index (χ2n) is 13.0. The number of aromatic nitrogens is 4. The molecule has 0 saturated heterocycles. The number of H-pyrrole nitrogens is 2. The third kappa shape index (κ3) is 10.7. The number of nitrogens with zero attached hydrogens (tertiary/aromatic N) is 3. The fourth-order valence-electron chi connectivity index (χ4n) is 5.83. The SMILES string of the molecule is CCCN(Cc1ncc(-c2csc3c(C#Cc4cnc(CCCCNC(=O)C(NC(=O)OC)C(C)C)[nH]4)csc23)[nH]1)C(=O)C(NC(=O)OC)c1ccccc1. The molecule has 14 nitrogen and oxygen atoms in total. The maximum atomic E-state index is 13.8. The van der Waals surface area contributed by atoms with E-state index in [-0.39, 0.29) is 24.3 Å². The molecule has 5 N–H and O–H groups in total. The molecular formula is C39H46N8O6S2. The molecule has 0 aliphatic heterocycles. The minimum Gasteiger partial charge on any atom is -0.453 e. The number of fused-ring (bicyclic) bond motifs is 1. The quantitative estimate of drug-likeness (QED) is 0.0585. The minimum absolute atomic E-state index is 0.0784. The van der Waals surface area contributed by atoms with E-state index in [1.807, 2.05) is 44.4 Å². The molecule has 5 aromatic rings. The number of rotatable bonds is 16. The number of amides is 4. The zero-order chi connectivity index (χ0) is 39.3. The predicted octanol–water partition coefficient (Wildman–Crippen LogP) is 6.13. The lowest BCUT2D eigenvalue weighted by Gasteiger charge is -2.27. The average molecular weight is 787 g/mol. The Labute approximate surface area is 327 Å². The Morgan fingerprint density at radius 2 is 1.62 bits per heavy atom. The summed E-state index contributed by atoms with van der Waals surface area (Å²) in [7, 11) is 2.54. The van der Waals surface area contributed by atoms with Gasteiger partial charge in [0.25, 0.3) is 0 Å². The Hall–Kier alpha value is -5.66. The van der Waals surface area contributed by atoms with E-state index in [1.54, 1.807) is 52.1 Å². The molecule has 0 radical (unpaired) electrons. The van der Waals surface area contributed by atoms with Gasteiger partial charge in [-0.1, -0.05) is 57.0 Å². The van der Waals surface area contributed by atoms with E-state index in [0.29, 0.717) is 36.6 Å². The van der Waals surface area contributed by atoms with Gasteiger partial charge >= 0.3 is 12.2 Å².